The Balaban J connectivity index is 1.15. The molecule has 0 spiro atoms. The van der Waals surface area contributed by atoms with Crippen LogP contribution in [0.5, 0.6) is 0 Å². The zero-order chi connectivity index (χ0) is 25.1. The van der Waals surface area contributed by atoms with Crippen LogP contribution in [0.4, 0.5) is 10.5 Å². The van der Waals surface area contributed by atoms with Crippen LogP contribution in [0.1, 0.15) is 18.4 Å². The highest BCUT2D eigenvalue weighted by atomic mass is 16.5. The lowest BCUT2D eigenvalue weighted by Crippen LogP contribution is -2.52. The number of piperidine rings is 1. The van der Waals surface area contributed by atoms with E-state index in [0.29, 0.717) is 6.42 Å². The molecule has 2 unspecified atom stereocenters. The smallest absolute Gasteiger partial charge is 0.319 e. The molecule has 10 heteroatoms. The van der Waals surface area contributed by atoms with Crippen molar-refractivity contribution < 1.29 is 23.9 Å². The van der Waals surface area contributed by atoms with Crippen LogP contribution in [0.3, 0.4) is 0 Å². The topological polar surface area (TPSA) is 120 Å². The highest BCUT2D eigenvalue weighted by Gasteiger charge is 2.40. The zero-order valence-electron chi connectivity index (χ0n) is 19.9. The molecule has 188 valence electrons. The number of urea groups is 1. The number of fused-ring (bicyclic) bond motifs is 1. The lowest BCUT2D eigenvalue weighted by Gasteiger charge is -2.28. The van der Waals surface area contributed by atoms with E-state index in [-0.39, 0.29) is 30.8 Å². The molecule has 10 nitrogen and oxygen atoms in total. The number of amides is 5. The van der Waals surface area contributed by atoms with Gasteiger partial charge in [-0.1, -0.05) is 30.4 Å². The number of imide groups is 1. The molecule has 0 radical (unpaired) electrons. The van der Waals surface area contributed by atoms with Crippen LogP contribution in [0.15, 0.2) is 59.8 Å². The third-order valence-electron chi connectivity index (χ3n) is 6.72. The van der Waals surface area contributed by atoms with Crippen LogP contribution in [-0.2, 0) is 25.7 Å². The summed E-state index contributed by atoms with van der Waals surface area (Å²) in [7, 11) is 0. The molecule has 3 N–H and O–H groups in total. The van der Waals surface area contributed by atoms with Gasteiger partial charge in [0.1, 0.15) is 6.04 Å². The summed E-state index contributed by atoms with van der Waals surface area (Å²) in [4.78, 5) is 52.7. The van der Waals surface area contributed by atoms with Crippen molar-refractivity contribution in [3.63, 3.8) is 0 Å². The third-order valence-corrected chi connectivity index (χ3v) is 6.72. The average molecular weight is 492 g/mol. The fourth-order valence-electron chi connectivity index (χ4n) is 4.83. The number of nitrogens with one attached hydrogen (secondary N) is 3. The minimum Gasteiger partial charge on any atom is -0.379 e. The molecule has 1 aromatic carbocycles. The number of rotatable bonds is 6. The van der Waals surface area contributed by atoms with Gasteiger partial charge in [-0.15, -0.1) is 0 Å². The summed E-state index contributed by atoms with van der Waals surface area (Å²) in [6, 6.07) is 6.79. The molecule has 2 saturated heterocycles. The van der Waals surface area contributed by atoms with Crippen LogP contribution >= 0.6 is 0 Å². The van der Waals surface area contributed by atoms with Crippen LogP contribution in [0.25, 0.3) is 0 Å². The zero-order valence-corrected chi connectivity index (χ0v) is 19.9. The van der Waals surface area contributed by atoms with E-state index in [0.717, 1.165) is 55.2 Å². The number of morpholine rings is 1. The summed E-state index contributed by atoms with van der Waals surface area (Å²) in [6.07, 6.45) is 7.65. The molecular weight excluding hydrogens is 462 g/mol. The first kappa shape index (κ1) is 24.0. The first-order chi connectivity index (χ1) is 17.5. The Bertz CT molecular complexity index is 1170. The Labute approximate surface area is 209 Å². The number of allylic oxidation sites excluding steroid dienone is 1. The van der Waals surface area contributed by atoms with Gasteiger partial charge in [-0.05, 0) is 35.3 Å². The summed E-state index contributed by atoms with van der Waals surface area (Å²) < 4.78 is 5.39. The summed E-state index contributed by atoms with van der Waals surface area (Å²) in [5, 5.41) is 8.03. The fourth-order valence-corrected chi connectivity index (χ4v) is 4.83. The van der Waals surface area contributed by atoms with Crippen molar-refractivity contribution >= 4 is 29.4 Å². The van der Waals surface area contributed by atoms with Crippen molar-refractivity contribution in [1.82, 2.24) is 20.4 Å². The second-order valence-corrected chi connectivity index (χ2v) is 9.29. The van der Waals surface area contributed by atoms with Crippen molar-refractivity contribution in [2.75, 3.05) is 38.2 Å². The van der Waals surface area contributed by atoms with Crippen molar-refractivity contribution in [2.45, 2.75) is 25.4 Å². The Morgan fingerprint density at radius 2 is 2.00 bits per heavy atom. The second-order valence-electron chi connectivity index (χ2n) is 9.29. The predicted molar refractivity (Wildman–Crippen MR) is 131 cm³/mol. The van der Waals surface area contributed by atoms with E-state index < -0.39 is 17.9 Å². The number of anilines is 1. The molecule has 2 fully saturated rings. The lowest BCUT2D eigenvalue weighted by atomic mass is 9.93. The summed E-state index contributed by atoms with van der Waals surface area (Å²) in [5.41, 5.74) is 3.44. The average Bonchev–Trinajstić information content (AvgIpc) is 3.19. The van der Waals surface area contributed by atoms with E-state index in [1.54, 1.807) is 12.3 Å². The first-order valence-corrected chi connectivity index (χ1v) is 12.2. The molecule has 0 saturated carbocycles. The van der Waals surface area contributed by atoms with E-state index >= 15 is 0 Å². The minimum absolute atomic E-state index is 0.186. The second kappa shape index (κ2) is 10.5. The number of carbonyl (C=O) groups is 4. The summed E-state index contributed by atoms with van der Waals surface area (Å²) >= 11 is 0. The molecule has 0 aromatic heterocycles. The molecule has 1 aliphatic carbocycles. The summed E-state index contributed by atoms with van der Waals surface area (Å²) in [5.74, 6) is -1.41. The number of benzene rings is 1. The molecule has 3 aliphatic heterocycles. The highest BCUT2D eigenvalue weighted by molar-refractivity contribution is 6.03. The maximum absolute atomic E-state index is 12.8. The largest absolute Gasteiger partial charge is 0.379 e. The molecule has 4 aliphatic rings. The van der Waals surface area contributed by atoms with Crippen molar-refractivity contribution in [3.05, 3.63) is 65.4 Å². The van der Waals surface area contributed by atoms with E-state index in [9.17, 15) is 19.2 Å². The van der Waals surface area contributed by atoms with Gasteiger partial charge in [-0.25, -0.2) is 4.79 Å². The molecule has 5 amide bonds. The molecule has 2 atom stereocenters. The summed E-state index contributed by atoms with van der Waals surface area (Å²) in [6.45, 7) is 4.37. The lowest BCUT2D eigenvalue weighted by molar-refractivity contribution is -0.143. The van der Waals surface area contributed by atoms with E-state index in [4.69, 9.17) is 4.74 Å². The fraction of sp³-hybridized carbons (Fsp3) is 0.385. The number of nitrogens with zero attached hydrogens (tertiary/aromatic N) is 2. The minimum atomic E-state index is -0.679. The van der Waals surface area contributed by atoms with Gasteiger partial charge in [0.15, 0.2) is 0 Å². The number of ether oxygens (including phenoxy) is 1. The van der Waals surface area contributed by atoms with Crippen molar-refractivity contribution in [2.24, 2.45) is 5.92 Å². The van der Waals surface area contributed by atoms with Gasteiger partial charge in [-0.2, -0.15) is 0 Å². The Morgan fingerprint density at radius 3 is 2.81 bits per heavy atom. The standard InChI is InChI=1S/C26H29N5O5/c32-23-7-6-22(24(33)29-23)31-16-19-12-17(4-5-21(19)25(31)34)14-27-26(35)28-20-3-1-2-18(13-20)15-30-8-10-36-11-9-30/h1-5,12-13,16,21-22H,6-11,14-15H2,(H2,27,28,35)(H,29,32,33). The van der Waals surface area contributed by atoms with E-state index in [2.05, 4.69) is 20.9 Å². The van der Waals surface area contributed by atoms with Crippen molar-refractivity contribution in [3.8, 4) is 0 Å². The van der Waals surface area contributed by atoms with Crippen LogP contribution in [0, 0.1) is 5.92 Å². The number of hydrogen-bond donors (Lipinski definition) is 3. The molecular formula is C26H29N5O5. The normalized spacial score (nSPS) is 24.1. The first-order valence-electron chi connectivity index (χ1n) is 12.2. The Hall–Kier alpha value is -3.76. The maximum Gasteiger partial charge on any atom is 0.319 e. The molecule has 36 heavy (non-hydrogen) atoms. The van der Waals surface area contributed by atoms with Gasteiger partial charge in [0.2, 0.25) is 17.7 Å². The molecule has 0 bridgehead atoms. The van der Waals surface area contributed by atoms with Gasteiger partial charge >= 0.3 is 6.03 Å². The van der Waals surface area contributed by atoms with Gasteiger partial charge in [0.05, 0.1) is 19.1 Å². The van der Waals surface area contributed by atoms with Crippen LogP contribution in [-0.4, -0.2) is 72.4 Å². The third kappa shape index (κ3) is 5.39. The predicted octanol–water partition coefficient (Wildman–Crippen LogP) is 1.28. The van der Waals surface area contributed by atoms with Crippen LogP contribution < -0.4 is 16.0 Å². The van der Waals surface area contributed by atoms with Gasteiger partial charge in [-0.3, -0.25) is 24.6 Å². The molecule has 1 aromatic rings. The Kier molecular flexibility index (Phi) is 6.97. The van der Waals surface area contributed by atoms with E-state index in [1.807, 2.05) is 36.4 Å². The van der Waals surface area contributed by atoms with Gasteiger partial charge in [0.25, 0.3) is 0 Å². The number of carbonyl (C=O) groups excluding carboxylic acids is 4. The van der Waals surface area contributed by atoms with Gasteiger partial charge < -0.3 is 20.3 Å². The van der Waals surface area contributed by atoms with Crippen LogP contribution in [0.2, 0.25) is 0 Å². The monoisotopic (exact) mass is 491 g/mol. The van der Waals surface area contributed by atoms with Gasteiger partial charge in [0, 0.05) is 44.5 Å². The Morgan fingerprint density at radius 1 is 1.17 bits per heavy atom. The molecule has 5 rings (SSSR count). The molecule has 3 heterocycles. The van der Waals surface area contributed by atoms with Crippen molar-refractivity contribution in [1.29, 1.82) is 0 Å². The highest BCUT2D eigenvalue weighted by Crippen LogP contribution is 2.32. The quantitative estimate of drug-likeness (QED) is 0.516. The number of hydrogen-bond acceptors (Lipinski definition) is 6. The maximum atomic E-state index is 12.8. The SMILES string of the molecule is O=C1CCC(N2C=C3C=C(CNC(=O)Nc4cccc(CN5CCOCC5)c4)C=CC3C2=O)C(=O)N1. The van der Waals surface area contributed by atoms with E-state index in [1.165, 1.54) is 4.90 Å².